The van der Waals surface area contributed by atoms with E-state index < -0.39 is 42.3 Å². The van der Waals surface area contributed by atoms with Crippen LogP contribution in [0.1, 0.15) is 103 Å². The second-order valence-corrected chi connectivity index (χ2v) is 9.23. The van der Waals surface area contributed by atoms with Crippen molar-refractivity contribution in [3.05, 3.63) is 0 Å². The van der Waals surface area contributed by atoms with E-state index >= 15 is 0 Å². The monoisotopic (exact) mass is 492 g/mol. The van der Waals surface area contributed by atoms with Gasteiger partial charge >= 0.3 is 17.9 Å². The third-order valence-corrected chi connectivity index (χ3v) is 6.24. The molecule has 1 aliphatic heterocycles. The Hall–Kier alpha value is -1.30. The molecule has 34 heavy (non-hydrogen) atoms. The minimum Gasteiger partial charge on any atom is -0.481 e. The van der Waals surface area contributed by atoms with E-state index in [4.69, 9.17) is 19.7 Å². The zero-order valence-electron chi connectivity index (χ0n) is 20.1. The van der Waals surface area contributed by atoms with Crippen LogP contribution in [0.5, 0.6) is 0 Å². The number of hydrogen-bond acceptors (Lipinski definition) is 8. The van der Waals surface area contributed by atoms with E-state index in [1.165, 1.54) is 44.9 Å². The summed E-state index contributed by atoms with van der Waals surface area (Å²) >= 11 is 0. The molecule has 0 aromatic carbocycles. The largest absolute Gasteiger partial charge is 0.481 e. The molecule has 1 aliphatic rings. The van der Waals surface area contributed by atoms with Crippen molar-refractivity contribution in [3.8, 4) is 0 Å². The number of ether oxygens (including phenoxy) is 2. The molecule has 6 N–H and O–H groups in total. The molecule has 0 unspecified atom stereocenters. The van der Waals surface area contributed by atoms with Crippen LogP contribution in [0.3, 0.4) is 0 Å². The normalized spacial score (nSPS) is 27.1. The Bertz CT molecular complexity index is 572. The van der Waals surface area contributed by atoms with Crippen molar-refractivity contribution in [2.75, 3.05) is 6.61 Å². The fourth-order valence-electron chi connectivity index (χ4n) is 4.11. The van der Waals surface area contributed by atoms with E-state index in [0.29, 0.717) is 6.42 Å². The van der Waals surface area contributed by atoms with Gasteiger partial charge in [-0.1, -0.05) is 83.5 Å². The van der Waals surface area contributed by atoms with Crippen LogP contribution in [-0.2, 0) is 19.1 Å². The smallest absolute Gasteiger partial charge is 0.335 e. The summed E-state index contributed by atoms with van der Waals surface area (Å²) in [5, 5.41) is 57.1. The third-order valence-electron chi connectivity index (χ3n) is 6.24. The number of rotatable bonds is 20. The first-order chi connectivity index (χ1) is 16.2. The van der Waals surface area contributed by atoms with Gasteiger partial charge in [0.1, 0.15) is 12.2 Å². The van der Waals surface area contributed by atoms with Crippen LogP contribution in [0, 0.1) is 0 Å². The Balaban J connectivity index is 1.95. The van der Waals surface area contributed by atoms with Crippen LogP contribution in [0.4, 0.5) is 0 Å². The lowest BCUT2D eigenvalue weighted by molar-refractivity contribution is -0.442. The summed E-state index contributed by atoms with van der Waals surface area (Å²) < 4.78 is 9.96. The van der Waals surface area contributed by atoms with Gasteiger partial charge in [-0.2, -0.15) is 0 Å². The average molecular weight is 493 g/mol. The minimum absolute atomic E-state index is 0.0161. The van der Waals surface area contributed by atoms with E-state index in [0.717, 1.165) is 44.9 Å². The van der Waals surface area contributed by atoms with Gasteiger partial charge in [-0.15, -0.1) is 0 Å². The van der Waals surface area contributed by atoms with Crippen LogP contribution in [0.15, 0.2) is 0 Å². The molecule has 200 valence electrons. The molecule has 10 nitrogen and oxygen atoms in total. The fraction of sp³-hybridized carbons (Fsp3) is 0.917. The molecule has 0 amide bonds. The first-order valence-electron chi connectivity index (χ1n) is 12.7. The molecule has 1 heterocycles. The van der Waals surface area contributed by atoms with Gasteiger partial charge in [-0.05, 0) is 12.8 Å². The Kier molecular flexibility index (Phi) is 15.5. The topological polar surface area (TPSA) is 174 Å². The van der Waals surface area contributed by atoms with Crippen molar-refractivity contribution in [1.29, 1.82) is 0 Å². The summed E-state index contributed by atoms with van der Waals surface area (Å²) in [5.41, 5.74) is 0. The quantitative estimate of drug-likeness (QED) is 0.109. The van der Waals surface area contributed by atoms with E-state index in [2.05, 4.69) is 0 Å². The van der Waals surface area contributed by atoms with Crippen molar-refractivity contribution in [2.24, 2.45) is 0 Å². The van der Waals surface area contributed by atoms with Crippen molar-refractivity contribution in [3.63, 3.8) is 0 Å². The summed E-state index contributed by atoms with van der Waals surface area (Å²) in [5.74, 6) is -4.97. The lowest BCUT2D eigenvalue weighted by Crippen LogP contribution is -2.67. The van der Waals surface area contributed by atoms with Gasteiger partial charge in [0.15, 0.2) is 12.2 Å². The van der Waals surface area contributed by atoms with Gasteiger partial charge < -0.3 is 40.1 Å². The number of carboxylic acid groups (broad SMARTS) is 2. The highest BCUT2D eigenvalue weighted by atomic mass is 16.8. The fourth-order valence-corrected chi connectivity index (χ4v) is 4.11. The number of aliphatic hydroxyl groups is 4. The highest BCUT2D eigenvalue weighted by molar-refractivity contribution is 5.73. The van der Waals surface area contributed by atoms with E-state index in [-0.39, 0.29) is 13.0 Å². The molecule has 1 rings (SSSR count). The van der Waals surface area contributed by atoms with Gasteiger partial charge in [0.2, 0.25) is 0 Å². The molecule has 5 atom stereocenters. The van der Waals surface area contributed by atoms with Gasteiger partial charge in [0.25, 0.3) is 0 Å². The van der Waals surface area contributed by atoms with Gasteiger partial charge in [0, 0.05) is 6.42 Å². The lowest BCUT2D eigenvalue weighted by atomic mass is 9.97. The summed E-state index contributed by atoms with van der Waals surface area (Å²) in [6, 6.07) is 0. The Labute approximate surface area is 201 Å². The summed E-state index contributed by atoms with van der Waals surface area (Å²) in [6.07, 6.45) is 8.74. The second-order valence-electron chi connectivity index (χ2n) is 9.23. The zero-order chi connectivity index (χ0) is 25.4. The maximum absolute atomic E-state index is 11.1. The summed E-state index contributed by atoms with van der Waals surface area (Å²) in [6.45, 7) is 0.0161. The van der Waals surface area contributed by atoms with Crippen molar-refractivity contribution >= 4 is 11.9 Å². The van der Waals surface area contributed by atoms with Crippen molar-refractivity contribution < 1.29 is 49.7 Å². The molecule has 10 heteroatoms. The van der Waals surface area contributed by atoms with E-state index in [1.807, 2.05) is 0 Å². The Morgan fingerprint density at radius 2 is 1.09 bits per heavy atom. The number of carbonyl (C=O) groups is 2. The van der Waals surface area contributed by atoms with E-state index in [1.54, 1.807) is 0 Å². The number of aliphatic carboxylic acids is 2. The second kappa shape index (κ2) is 17.2. The van der Waals surface area contributed by atoms with Gasteiger partial charge in [0.05, 0.1) is 6.61 Å². The molecule has 1 saturated heterocycles. The molecule has 0 aromatic heterocycles. The molecule has 0 saturated carbocycles. The molecule has 0 bridgehead atoms. The number of aliphatic hydroxyl groups excluding tert-OH is 3. The predicted octanol–water partition coefficient (Wildman–Crippen LogP) is 2.54. The number of carboxylic acids is 2. The Morgan fingerprint density at radius 3 is 1.50 bits per heavy atom. The van der Waals surface area contributed by atoms with E-state index in [9.17, 15) is 30.0 Å². The maximum Gasteiger partial charge on any atom is 0.335 e. The van der Waals surface area contributed by atoms with Crippen molar-refractivity contribution in [2.45, 2.75) is 133 Å². The molecule has 0 aromatic rings. The SMILES string of the molecule is O=C(O)CCCCCCCCCCCCCCCCCO[C@@]1(O)O[C@H](C(=O)O)[C@@H](O)[C@H](O)[C@H]1O. The first-order valence-corrected chi connectivity index (χ1v) is 12.7. The third kappa shape index (κ3) is 11.9. The molecule has 0 aliphatic carbocycles. The van der Waals surface area contributed by atoms with Crippen LogP contribution >= 0.6 is 0 Å². The van der Waals surface area contributed by atoms with Gasteiger partial charge in [-0.25, -0.2) is 4.79 Å². The van der Waals surface area contributed by atoms with Crippen LogP contribution in [0.2, 0.25) is 0 Å². The number of unbranched alkanes of at least 4 members (excludes halogenated alkanes) is 14. The lowest BCUT2D eigenvalue weighted by Gasteiger charge is -2.43. The molecule has 1 fully saturated rings. The highest BCUT2D eigenvalue weighted by Crippen LogP contribution is 2.29. The first kappa shape index (κ1) is 30.7. The molecule has 0 radical (unpaired) electrons. The molecular formula is C24H44O10. The molecule has 0 spiro atoms. The standard InChI is InChI=1S/C24H44O10/c25-18(26)16-14-12-10-8-6-4-2-1-3-5-7-9-11-13-15-17-33-24(32)22(29)20(28)19(27)21(34-24)23(30)31/h19-22,27-29,32H,1-17H2,(H,25,26)(H,30,31)/t19-,20-,21-,22+,24+/m0/s1. The number of hydrogen-bond donors (Lipinski definition) is 6. The maximum atomic E-state index is 11.1. The predicted molar refractivity (Wildman–Crippen MR) is 123 cm³/mol. The minimum atomic E-state index is -2.68. The van der Waals surface area contributed by atoms with Crippen LogP contribution in [0.25, 0.3) is 0 Å². The Morgan fingerprint density at radius 1 is 0.676 bits per heavy atom. The molecular weight excluding hydrogens is 448 g/mol. The van der Waals surface area contributed by atoms with Crippen LogP contribution in [-0.4, -0.2) is 79.6 Å². The van der Waals surface area contributed by atoms with Gasteiger partial charge in [-0.3, -0.25) is 4.79 Å². The summed E-state index contributed by atoms with van der Waals surface area (Å²) in [7, 11) is 0. The summed E-state index contributed by atoms with van der Waals surface area (Å²) in [4.78, 5) is 21.5. The zero-order valence-corrected chi connectivity index (χ0v) is 20.1. The van der Waals surface area contributed by atoms with Crippen molar-refractivity contribution in [1.82, 2.24) is 0 Å². The van der Waals surface area contributed by atoms with Crippen LogP contribution < -0.4 is 0 Å². The average Bonchev–Trinajstić information content (AvgIpc) is 2.79. The highest BCUT2D eigenvalue weighted by Gasteiger charge is 2.56.